The number of aromatic carboxylic acids is 1. The Morgan fingerprint density at radius 1 is 1.00 bits per heavy atom. The highest BCUT2D eigenvalue weighted by Gasteiger charge is 2.29. The molecule has 0 radical (unpaired) electrons. The lowest BCUT2D eigenvalue weighted by Gasteiger charge is -2.12. The zero-order chi connectivity index (χ0) is 22.4. The third-order valence-electron chi connectivity index (χ3n) is 4.15. The number of aryl methyl sites for hydroxylation is 1. The molecule has 3 aromatic carbocycles. The van der Waals surface area contributed by atoms with Gasteiger partial charge in [-0.3, -0.25) is 0 Å². The molecule has 4 nitrogen and oxygen atoms in total. The second kappa shape index (κ2) is 9.26. The van der Waals surface area contributed by atoms with Crippen LogP contribution in [0.1, 0.15) is 27.0 Å². The van der Waals surface area contributed by atoms with E-state index in [-0.39, 0.29) is 12.2 Å². The number of benzene rings is 3. The highest BCUT2D eigenvalue weighted by atomic mass is 19.4. The minimum atomic E-state index is -4.39. The number of hydrogen-bond donors (Lipinski definition) is 1. The molecule has 31 heavy (non-hydrogen) atoms. The first-order chi connectivity index (χ1) is 14.7. The lowest BCUT2D eigenvalue weighted by Crippen LogP contribution is -2.04. The maximum absolute atomic E-state index is 12.6. The molecular formula is C24H17F3O4. The Labute approximate surface area is 176 Å². The molecule has 0 bridgehead atoms. The fraction of sp³-hybridized carbons (Fsp3) is 0.125. The van der Waals surface area contributed by atoms with Crippen LogP contribution in [0.5, 0.6) is 17.2 Å². The SMILES string of the molecule is Cc1ccc(Oc2cccc(C(=O)O)c2)c(OCC#Cc2ccc(C(F)(F)F)cc2)c1. The summed E-state index contributed by atoms with van der Waals surface area (Å²) >= 11 is 0. The number of alkyl halides is 3. The molecule has 0 spiro atoms. The Bertz CT molecular complexity index is 1140. The van der Waals surface area contributed by atoms with Gasteiger partial charge in [0, 0.05) is 5.56 Å². The number of halogens is 3. The van der Waals surface area contributed by atoms with Gasteiger partial charge in [-0.1, -0.05) is 24.0 Å². The molecule has 0 aliphatic heterocycles. The lowest BCUT2D eigenvalue weighted by atomic mass is 10.1. The van der Waals surface area contributed by atoms with Crippen molar-refractivity contribution in [3.63, 3.8) is 0 Å². The first kappa shape index (κ1) is 21.8. The molecule has 0 aromatic heterocycles. The van der Waals surface area contributed by atoms with Crippen LogP contribution in [0.25, 0.3) is 0 Å². The summed E-state index contributed by atoms with van der Waals surface area (Å²) in [4.78, 5) is 11.1. The maximum Gasteiger partial charge on any atom is 0.416 e. The van der Waals surface area contributed by atoms with Crippen LogP contribution in [0, 0.1) is 18.8 Å². The smallest absolute Gasteiger partial charge is 0.416 e. The maximum atomic E-state index is 12.6. The molecule has 7 heteroatoms. The monoisotopic (exact) mass is 426 g/mol. The molecule has 0 aliphatic carbocycles. The number of hydrogen-bond acceptors (Lipinski definition) is 3. The minimum Gasteiger partial charge on any atom is -0.478 e. The average Bonchev–Trinajstić information content (AvgIpc) is 2.73. The average molecular weight is 426 g/mol. The van der Waals surface area contributed by atoms with Gasteiger partial charge in [-0.05, 0) is 67.1 Å². The molecule has 3 rings (SSSR count). The Morgan fingerprint density at radius 2 is 1.74 bits per heavy atom. The van der Waals surface area contributed by atoms with Crippen molar-refractivity contribution in [2.24, 2.45) is 0 Å². The fourth-order valence-electron chi connectivity index (χ4n) is 2.63. The van der Waals surface area contributed by atoms with E-state index in [1.807, 2.05) is 13.0 Å². The Balaban J connectivity index is 1.70. The normalized spacial score (nSPS) is 10.7. The van der Waals surface area contributed by atoms with E-state index in [2.05, 4.69) is 11.8 Å². The Kier molecular flexibility index (Phi) is 6.51. The summed E-state index contributed by atoms with van der Waals surface area (Å²) in [6, 6.07) is 15.9. The van der Waals surface area contributed by atoms with Crippen LogP contribution in [0.4, 0.5) is 13.2 Å². The fourth-order valence-corrected chi connectivity index (χ4v) is 2.63. The predicted octanol–water partition coefficient (Wildman–Crippen LogP) is 5.93. The van der Waals surface area contributed by atoms with Crippen molar-refractivity contribution in [2.45, 2.75) is 13.1 Å². The third-order valence-corrected chi connectivity index (χ3v) is 4.15. The summed E-state index contributed by atoms with van der Waals surface area (Å²) in [6.07, 6.45) is -4.39. The van der Waals surface area contributed by atoms with Gasteiger partial charge in [0.05, 0.1) is 11.1 Å². The zero-order valence-corrected chi connectivity index (χ0v) is 16.4. The van der Waals surface area contributed by atoms with Gasteiger partial charge >= 0.3 is 12.1 Å². The van der Waals surface area contributed by atoms with Crippen LogP contribution < -0.4 is 9.47 Å². The molecule has 0 amide bonds. The van der Waals surface area contributed by atoms with Gasteiger partial charge in [0.15, 0.2) is 11.5 Å². The van der Waals surface area contributed by atoms with E-state index >= 15 is 0 Å². The summed E-state index contributed by atoms with van der Waals surface area (Å²) in [5.74, 6) is 5.56. The van der Waals surface area contributed by atoms with Gasteiger partial charge in [-0.15, -0.1) is 0 Å². The molecule has 0 aliphatic rings. The highest BCUT2D eigenvalue weighted by Crippen LogP contribution is 2.33. The van der Waals surface area contributed by atoms with E-state index in [1.165, 1.54) is 24.3 Å². The van der Waals surface area contributed by atoms with Crippen LogP contribution >= 0.6 is 0 Å². The molecule has 0 atom stereocenters. The largest absolute Gasteiger partial charge is 0.478 e. The molecule has 0 saturated carbocycles. The summed E-state index contributed by atoms with van der Waals surface area (Å²) < 4.78 is 49.3. The van der Waals surface area contributed by atoms with E-state index < -0.39 is 17.7 Å². The number of ether oxygens (including phenoxy) is 2. The molecule has 3 aromatic rings. The summed E-state index contributed by atoms with van der Waals surface area (Å²) in [7, 11) is 0. The van der Waals surface area contributed by atoms with Gasteiger partial charge < -0.3 is 14.6 Å². The van der Waals surface area contributed by atoms with Gasteiger partial charge in [0.2, 0.25) is 0 Å². The first-order valence-corrected chi connectivity index (χ1v) is 9.13. The van der Waals surface area contributed by atoms with E-state index in [0.29, 0.717) is 22.8 Å². The molecule has 1 N–H and O–H groups in total. The standard InChI is InChI=1S/C24H17F3O4/c1-16-7-12-21(31-20-6-2-5-18(15-20)23(28)29)22(14-16)30-13-3-4-17-8-10-19(11-9-17)24(25,26)27/h2,5-12,14-15H,13H2,1H3,(H,28,29). The number of carboxylic acid groups (broad SMARTS) is 1. The second-order valence-corrected chi connectivity index (χ2v) is 6.55. The number of rotatable bonds is 5. The molecule has 0 fully saturated rings. The van der Waals surface area contributed by atoms with E-state index in [4.69, 9.17) is 14.6 Å². The summed E-state index contributed by atoms with van der Waals surface area (Å²) in [6.45, 7) is 1.85. The van der Waals surface area contributed by atoms with Crippen molar-refractivity contribution in [1.82, 2.24) is 0 Å². The van der Waals surface area contributed by atoms with Crippen LogP contribution in [0.3, 0.4) is 0 Å². The Hall–Kier alpha value is -3.92. The third kappa shape index (κ3) is 6.03. The van der Waals surface area contributed by atoms with Gasteiger partial charge in [0.25, 0.3) is 0 Å². The van der Waals surface area contributed by atoms with E-state index in [0.717, 1.165) is 17.7 Å². The lowest BCUT2D eigenvalue weighted by molar-refractivity contribution is -0.137. The molecular weight excluding hydrogens is 409 g/mol. The van der Waals surface area contributed by atoms with Crippen molar-refractivity contribution >= 4 is 5.97 Å². The van der Waals surface area contributed by atoms with Crippen molar-refractivity contribution < 1.29 is 32.5 Å². The van der Waals surface area contributed by atoms with Crippen LogP contribution in [0.15, 0.2) is 66.7 Å². The van der Waals surface area contributed by atoms with Gasteiger partial charge in [-0.25, -0.2) is 4.79 Å². The van der Waals surface area contributed by atoms with Gasteiger partial charge in [-0.2, -0.15) is 13.2 Å². The van der Waals surface area contributed by atoms with Crippen molar-refractivity contribution in [3.05, 3.63) is 89.0 Å². The van der Waals surface area contributed by atoms with Crippen LogP contribution in [-0.4, -0.2) is 17.7 Å². The number of carboxylic acids is 1. The van der Waals surface area contributed by atoms with E-state index in [1.54, 1.807) is 24.3 Å². The summed E-state index contributed by atoms with van der Waals surface area (Å²) in [5, 5.41) is 9.11. The van der Waals surface area contributed by atoms with E-state index in [9.17, 15) is 18.0 Å². The van der Waals surface area contributed by atoms with Crippen molar-refractivity contribution in [1.29, 1.82) is 0 Å². The quantitative estimate of drug-likeness (QED) is 0.514. The minimum absolute atomic E-state index is 0.0179. The van der Waals surface area contributed by atoms with Crippen LogP contribution in [-0.2, 0) is 6.18 Å². The summed E-state index contributed by atoms with van der Waals surface area (Å²) in [5.41, 5.74) is 0.706. The van der Waals surface area contributed by atoms with Crippen LogP contribution in [0.2, 0.25) is 0 Å². The molecule has 0 unspecified atom stereocenters. The predicted molar refractivity (Wildman–Crippen MR) is 108 cm³/mol. The molecule has 0 heterocycles. The topological polar surface area (TPSA) is 55.8 Å². The van der Waals surface area contributed by atoms with Gasteiger partial charge in [0.1, 0.15) is 12.4 Å². The highest BCUT2D eigenvalue weighted by molar-refractivity contribution is 5.88. The van der Waals surface area contributed by atoms with Crippen molar-refractivity contribution in [2.75, 3.05) is 6.61 Å². The molecule has 158 valence electrons. The Morgan fingerprint density at radius 3 is 2.42 bits per heavy atom. The van der Waals surface area contributed by atoms with Crippen molar-refractivity contribution in [3.8, 4) is 29.1 Å². The molecule has 0 saturated heterocycles. The number of carbonyl (C=O) groups is 1. The zero-order valence-electron chi connectivity index (χ0n) is 16.4. The second-order valence-electron chi connectivity index (χ2n) is 6.55. The first-order valence-electron chi connectivity index (χ1n) is 9.13.